The van der Waals surface area contributed by atoms with Gasteiger partial charge in [-0.1, -0.05) is 18.2 Å². The van der Waals surface area contributed by atoms with Crippen molar-refractivity contribution in [1.29, 1.82) is 0 Å². The van der Waals surface area contributed by atoms with Crippen LogP contribution in [0.25, 0.3) is 11.8 Å². The molecule has 1 aliphatic rings. The molecule has 32 heavy (non-hydrogen) atoms. The Labute approximate surface area is 185 Å². The van der Waals surface area contributed by atoms with Gasteiger partial charge in [0.15, 0.2) is 0 Å². The zero-order valence-corrected chi connectivity index (χ0v) is 17.5. The Hall–Kier alpha value is -3.78. The van der Waals surface area contributed by atoms with Crippen LogP contribution in [-0.2, 0) is 9.59 Å². The van der Waals surface area contributed by atoms with Crippen molar-refractivity contribution >= 4 is 23.6 Å². The number of hydrogen-bond donors (Lipinski definition) is 1. The molecule has 0 spiro atoms. The maximum atomic E-state index is 13.0. The highest BCUT2D eigenvalue weighted by atomic mass is 19.1. The smallest absolute Gasteiger partial charge is 0.246 e. The third kappa shape index (κ3) is 5.67. The van der Waals surface area contributed by atoms with Crippen LogP contribution in [0.4, 0.5) is 10.1 Å². The van der Waals surface area contributed by atoms with Gasteiger partial charge in [-0.15, -0.1) is 0 Å². The number of halogens is 1. The number of amides is 2. The van der Waals surface area contributed by atoms with Crippen LogP contribution in [0, 0.1) is 5.82 Å². The van der Waals surface area contributed by atoms with Crippen molar-refractivity contribution < 1.29 is 14.0 Å². The molecule has 2 heterocycles. The van der Waals surface area contributed by atoms with Crippen LogP contribution in [0.15, 0.2) is 73.1 Å². The largest absolute Gasteiger partial charge is 0.337 e. The number of rotatable bonds is 6. The van der Waals surface area contributed by atoms with Gasteiger partial charge in [0, 0.05) is 49.7 Å². The molecule has 0 unspecified atom stereocenters. The minimum atomic E-state index is -0.345. The Bertz CT molecular complexity index is 1090. The highest BCUT2D eigenvalue weighted by Crippen LogP contribution is 2.11. The summed E-state index contributed by atoms with van der Waals surface area (Å²) in [5.74, 6) is -0.567. The Kier molecular flexibility index (Phi) is 6.72. The molecule has 8 heteroatoms. The van der Waals surface area contributed by atoms with E-state index in [0.29, 0.717) is 31.9 Å². The molecule has 0 aliphatic carbocycles. The molecule has 0 saturated carbocycles. The minimum absolute atomic E-state index is 0.0622. The SMILES string of the molecule is O=C(CN1CCN(C(=O)/C=C/c2cnn(-c3ccccc3)c2)CC1)Nc1ccc(F)cc1. The predicted molar refractivity (Wildman–Crippen MR) is 121 cm³/mol. The molecule has 0 radical (unpaired) electrons. The van der Waals surface area contributed by atoms with Crippen LogP contribution >= 0.6 is 0 Å². The second-order valence-corrected chi connectivity index (χ2v) is 7.54. The van der Waals surface area contributed by atoms with E-state index in [9.17, 15) is 14.0 Å². The summed E-state index contributed by atoms with van der Waals surface area (Å²) < 4.78 is 14.7. The molecule has 0 bridgehead atoms. The van der Waals surface area contributed by atoms with Gasteiger partial charge in [-0.3, -0.25) is 14.5 Å². The summed E-state index contributed by atoms with van der Waals surface area (Å²) in [6.07, 6.45) is 6.91. The van der Waals surface area contributed by atoms with Gasteiger partial charge < -0.3 is 10.2 Å². The lowest BCUT2D eigenvalue weighted by Gasteiger charge is -2.33. The first kappa shape index (κ1) is 21.5. The molecule has 1 aliphatic heterocycles. The first-order valence-electron chi connectivity index (χ1n) is 10.4. The summed E-state index contributed by atoms with van der Waals surface area (Å²) in [5.41, 5.74) is 2.36. The maximum absolute atomic E-state index is 13.0. The van der Waals surface area contributed by atoms with Crippen molar-refractivity contribution in [3.63, 3.8) is 0 Å². The fourth-order valence-corrected chi connectivity index (χ4v) is 3.48. The van der Waals surface area contributed by atoms with Gasteiger partial charge in [0.1, 0.15) is 5.82 Å². The Balaban J connectivity index is 1.23. The molecule has 4 rings (SSSR count). The molecule has 1 saturated heterocycles. The van der Waals surface area contributed by atoms with Gasteiger partial charge in [-0.25, -0.2) is 9.07 Å². The molecule has 3 aromatic rings. The lowest BCUT2D eigenvalue weighted by atomic mass is 10.2. The summed E-state index contributed by atoms with van der Waals surface area (Å²) in [7, 11) is 0. The van der Waals surface area contributed by atoms with E-state index < -0.39 is 0 Å². The molecule has 1 fully saturated rings. The molecule has 164 valence electrons. The molecular formula is C24H24FN5O2. The minimum Gasteiger partial charge on any atom is -0.337 e. The van der Waals surface area contributed by atoms with Crippen LogP contribution in [0.2, 0.25) is 0 Å². The fourth-order valence-electron chi connectivity index (χ4n) is 3.48. The highest BCUT2D eigenvalue weighted by molar-refractivity contribution is 5.93. The maximum Gasteiger partial charge on any atom is 0.246 e. The van der Waals surface area contributed by atoms with Crippen molar-refractivity contribution in [2.45, 2.75) is 0 Å². The van der Waals surface area contributed by atoms with Crippen molar-refractivity contribution in [3.05, 3.63) is 84.4 Å². The summed E-state index contributed by atoms with van der Waals surface area (Å²) >= 11 is 0. The van der Waals surface area contributed by atoms with Crippen LogP contribution in [0.5, 0.6) is 0 Å². The van der Waals surface area contributed by atoms with E-state index in [2.05, 4.69) is 10.4 Å². The van der Waals surface area contributed by atoms with Crippen LogP contribution in [-0.4, -0.2) is 64.1 Å². The Morgan fingerprint density at radius 3 is 2.44 bits per heavy atom. The monoisotopic (exact) mass is 433 g/mol. The van der Waals surface area contributed by atoms with Gasteiger partial charge in [-0.2, -0.15) is 5.10 Å². The van der Waals surface area contributed by atoms with Gasteiger partial charge in [-0.05, 0) is 42.5 Å². The molecule has 1 aromatic heterocycles. The molecular weight excluding hydrogens is 409 g/mol. The molecule has 2 aromatic carbocycles. The third-order valence-corrected chi connectivity index (χ3v) is 5.22. The molecule has 0 atom stereocenters. The van der Waals surface area contributed by atoms with E-state index in [1.807, 2.05) is 41.4 Å². The van der Waals surface area contributed by atoms with Crippen molar-refractivity contribution in [2.75, 3.05) is 38.0 Å². The number of piperazine rings is 1. The van der Waals surface area contributed by atoms with E-state index in [-0.39, 0.29) is 24.2 Å². The van der Waals surface area contributed by atoms with Crippen LogP contribution < -0.4 is 5.32 Å². The zero-order valence-electron chi connectivity index (χ0n) is 17.5. The number of carbonyl (C=O) groups excluding carboxylic acids is 2. The van der Waals surface area contributed by atoms with E-state index in [1.54, 1.807) is 27.9 Å². The second-order valence-electron chi connectivity index (χ2n) is 7.54. The average Bonchev–Trinajstić information content (AvgIpc) is 3.29. The number of anilines is 1. The van der Waals surface area contributed by atoms with E-state index in [4.69, 9.17) is 0 Å². The number of nitrogens with zero attached hydrogens (tertiary/aromatic N) is 4. The van der Waals surface area contributed by atoms with E-state index in [1.165, 1.54) is 24.3 Å². The normalized spacial score (nSPS) is 14.6. The molecule has 7 nitrogen and oxygen atoms in total. The van der Waals surface area contributed by atoms with Gasteiger partial charge in [0.05, 0.1) is 18.4 Å². The summed E-state index contributed by atoms with van der Waals surface area (Å²) in [4.78, 5) is 28.5. The first-order valence-corrected chi connectivity index (χ1v) is 10.4. The third-order valence-electron chi connectivity index (χ3n) is 5.22. The predicted octanol–water partition coefficient (Wildman–Crippen LogP) is 2.81. The highest BCUT2D eigenvalue weighted by Gasteiger charge is 2.21. The lowest BCUT2D eigenvalue weighted by molar-refractivity contribution is -0.127. The quantitative estimate of drug-likeness (QED) is 0.607. The molecule has 1 N–H and O–H groups in total. The number of nitrogens with one attached hydrogen (secondary N) is 1. The number of aromatic nitrogens is 2. The summed E-state index contributed by atoms with van der Waals surface area (Å²) in [6, 6.07) is 15.4. The Morgan fingerprint density at radius 1 is 1.00 bits per heavy atom. The van der Waals surface area contributed by atoms with E-state index in [0.717, 1.165) is 11.3 Å². The molecule has 2 amide bonds. The van der Waals surface area contributed by atoms with Gasteiger partial charge in [0.2, 0.25) is 11.8 Å². The standard InChI is InChI=1S/C24H24FN5O2/c25-20-7-9-21(10-8-20)27-23(31)18-28-12-14-29(15-13-28)24(32)11-6-19-16-26-30(17-19)22-4-2-1-3-5-22/h1-11,16-17H,12-15,18H2,(H,27,31)/b11-6+. The van der Waals surface area contributed by atoms with Gasteiger partial charge >= 0.3 is 0 Å². The summed E-state index contributed by atoms with van der Waals surface area (Å²) in [5, 5.41) is 7.08. The van der Waals surface area contributed by atoms with Crippen LogP contribution in [0.3, 0.4) is 0 Å². The Morgan fingerprint density at radius 2 is 1.72 bits per heavy atom. The van der Waals surface area contributed by atoms with Crippen LogP contribution in [0.1, 0.15) is 5.56 Å². The number of carbonyl (C=O) groups is 2. The average molecular weight is 433 g/mol. The van der Waals surface area contributed by atoms with Crippen molar-refractivity contribution in [3.8, 4) is 5.69 Å². The number of para-hydroxylation sites is 1. The topological polar surface area (TPSA) is 70.5 Å². The zero-order chi connectivity index (χ0) is 22.3. The number of benzene rings is 2. The first-order chi connectivity index (χ1) is 15.6. The van der Waals surface area contributed by atoms with Crippen molar-refractivity contribution in [2.24, 2.45) is 0 Å². The summed E-state index contributed by atoms with van der Waals surface area (Å²) in [6.45, 7) is 2.56. The fraction of sp³-hybridized carbons (Fsp3) is 0.208. The van der Waals surface area contributed by atoms with E-state index >= 15 is 0 Å². The number of hydrogen-bond acceptors (Lipinski definition) is 4. The van der Waals surface area contributed by atoms with Crippen molar-refractivity contribution in [1.82, 2.24) is 19.6 Å². The second kappa shape index (κ2) is 10.0. The lowest BCUT2D eigenvalue weighted by Crippen LogP contribution is -2.50. The van der Waals surface area contributed by atoms with Gasteiger partial charge in [0.25, 0.3) is 0 Å².